The van der Waals surface area contributed by atoms with E-state index in [9.17, 15) is 14.0 Å². The summed E-state index contributed by atoms with van der Waals surface area (Å²) in [6, 6.07) is 12.9. The highest BCUT2D eigenvalue weighted by molar-refractivity contribution is 6.00. The van der Waals surface area contributed by atoms with Crippen molar-refractivity contribution in [2.45, 2.75) is 19.4 Å². The van der Waals surface area contributed by atoms with Crippen LogP contribution in [0.25, 0.3) is 0 Å². The van der Waals surface area contributed by atoms with Crippen LogP contribution in [-0.2, 0) is 16.0 Å². The third kappa shape index (κ3) is 3.08. The zero-order valence-electron chi connectivity index (χ0n) is 12.7. The second-order valence-corrected chi connectivity index (χ2v) is 5.43. The topological polar surface area (TPSA) is 46.6 Å². The number of anilines is 1. The van der Waals surface area contributed by atoms with Gasteiger partial charge in [-0.3, -0.25) is 4.79 Å². The van der Waals surface area contributed by atoms with Gasteiger partial charge in [0, 0.05) is 12.2 Å². The molecule has 1 amide bonds. The van der Waals surface area contributed by atoms with E-state index in [1.165, 1.54) is 25.1 Å². The number of hydrogen-bond donors (Lipinski definition) is 0. The van der Waals surface area contributed by atoms with Crippen LogP contribution in [0.15, 0.2) is 48.5 Å². The fourth-order valence-electron chi connectivity index (χ4n) is 2.68. The molecule has 0 aliphatic carbocycles. The highest BCUT2D eigenvalue weighted by Crippen LogP contribution is 2.28. The first-order chi connectivity index (χ1) is 11.1. The third-order valence-electron chi connectivity index (χ3n) is 3.85. The van der Waals surface area contributed by atoms with Crippen molar-refractivity contribution in [1.29, 1.82) is 0 Å². The normalized spacial score (nSPS) is 14.3. The predicted molar refractivity (Wildman–Crippen MR) is 83.8 cm³/mol. The summed E-state index contributed by atoms with van der Waals surface area (Å²) in [6.45, 7) is 2.10. The molecule has 0 spiro atoms. The molecular formula is C18H16FNO3. The second kappa shape index (κ2) is 6.20. The minimum atomic E-state index is -0.933. The molecule has 5 heteroatoms. The molecule has 0 aromatic heterocycles. The van der Waals surface area contributed by atoms with E-state index in [0.29, 0.717) is 6.54 Å². The van der Waals surface area contributed by atoms with Crippen molar-refractivity contribution in [3.8, 4) is 0 Å². The van der Waals surface area contributed by atoms with E-state index in [0.717, 1.165) is 23.7 Å². The average molecular weight is 313 g/mol. The van der Waals surface area contributed by atoms with Crippen LogP contribution in [0.2, 0.25) is 0 Å². The number of ether oxygens (including phenoxy) is 1. The van der Waals surface area contributed by atoms with Crippen molar-refractivity contribution >= 4 is 17.6 Å². The predicted octanol–water partition coefficient (Wildman–Crippen LogP) is 2.96. The summed E-state index contributed by atoms with van der Waals surface area (Å²) in [5.74, 6) is -1.51. The van der Waals surface area contributed by atoms with Crippen LogP contribution in [0.5, 0.6) is 0 Å². The Kier molecular flexibility index (Phi) is 4.10. The highest BCUT2D eigenvalue weighted by atomic mass is 19.1. The number of rotatable bonds is 3. The number of esters is 1. The molecule has 1 atom stereocenters. The van der Waals surface area contributed by atoms with E-state index in [2.05, 4.69) is 0 Å². The molecule has 2 aromatic rings. The van der Waals surface area contributed by atoms with Gasteiger partial charge in [0.05, 0.1) is 5.56 Å². The number of halogens is 1. The number of benzene rings is 2. The summed E-state index contributed by atoms with van der Waals surface area (Å²) in [6.07, 6.45) is -0.149. The van der Waals surface area contributed by atoms with Gasteiger partial charge >= 0.3 is 5.97 Å². The van der Waals surface area contributed by atoms with E-state index < -0.39 is 17.9 Å². The molecule has 0 bridgehead atoms. The fraction of sp³-hybridized carbons (Fsp3) is 0.222. The van der Waals surface area contributed by atoms with Crippen LogP contribution in [0.1, 0.15) is 22.8 Å². The molecule has 3 rings (SSSR count). The van der Waals surface area contributed by atoms with Gasteiger partial charge in [0.15, 0.2) is 6.10 Å². The number of hydrogen-bond acceptors (Lipinski definition) is 3. The molecule has 0 fully saturated rings. The van der Waals surface area contributed by atoms with E-state index in [-0.39, 0.29) is 11.5 Å². The van der Waals surface area contributed by atoms with Crippen molar-refractivity contribution in [3.05, 3.63) is 65.5 Å². The molecule has 0 saturated heterocycles. The Hall–Kier alpha value is -2.69. The Morgan fingerprint density at radius 1 is 1.17 bits per heavy atom. The van der Waals surface area contributed by atoms with Crippen LogP contribution < -0.4 is 4.90 Å². The Balaban J connectivity index is 1.70. The average Bonchev–Trinajstić information content (AvgIpc) is 2.98. The maximum atomic E-state index is 13.2. The summed E-state index contributed by atoms with van der Waals surface area (Å²) in [4.78, 5) is 26.2. The number of fused-ring (bicyclic) bond motifs is 1. The van der Waals surface area contributed by atoms with Crippen molar-refractivity contribution < 1.29 is 18.7 Å². The lowest BCUT2D eigenvalue weighted by Crippen LogP contribution is -2.39. The largest absolute Gasteiger partial charge is 0.449 e. The highest BCUT2D eigenvalue weighted by Gasteiger charge is 2.29. The van der Waals surface area contributed by atoms with Gasteiger partial charge in [-0.05, 0) is 43.2 Å². The molecule has 0 unspecified atom stereocenters. The zero-order valence-corrected chi connectivity index (χ0v) is 12.7. The summed E-state index contributed by atoms with van der Waals surface area (Å²) in [5.41, 5.74) is 2.04. The Morgan fingerprint density at radius 2 is 1.96 bits per heavy atom. The smallest absolute Gasteiger partial charge is 0.339 e. The summed E-state index contributed by atoms with van der Waals surface area (Å²) in [7, 11) is 0. The molecule has 1 heterocycles. The fourth-order valence-corrected chi connectivity index (χ4v) is 2.68. The van der Waals surface area contributed by atoms with Gasteiger partial charge in [-0.2, -0.15) is 0 Å². The molecule has 0 radical (unpaired) electrons. The Bertz CT molecular complexity index is 759. The molecule has 118 valence electrons. The number of nitrogens with zero attached hydrogens (tertiary/aromatic N) is 1. The SMILES string of the molecule is C[C@H](OC(=O)c1cccc(F)c1)C(=O)N1CCc2ccccc21. The standard InChI is InChI=1S/C18H16FNO3/c1-12(23-18(22)14-6-4-7-15(19)11-14)17(21)20-10-9-13-5-2-3-8-16(13)20/h2-8,11-12H,9-10H2,1H3/t12-/m0/s1. The van der Waals surface area contributed by atoms with Crippen LogP contribution in [0.4, 0.5) is 10.1 Å². The van der Waals surface area contributed by atoms with Gasteiger partial charge in [0.1, 0.15) is 5.82 Å². The first-order valence-electron chi connectivity index (χ1n) is 7.42. The van der Waals surface area contributed by atoms with Crippen molar-refractivity contribution in [3.63, 3.8) is 0 Å². The number of para-hydroxylation sites is 1. The van der Waals surface area contributed by atoms with E-state index in [1.807, 2.05) is 24.3 Å². The van der Waals surface area contributed by atoms with Gasteiger partial charge < -0.3 is 9.64 Å². The monoisotopic (exact) mass is 313 g/mol. The van der Waals surface area contributed by atoms with E-state index >= 15 is 0 Å². The molecule has 0 saturated carbocycles. The maximum Gasteiger partial charge on any atom is 0.339 e. The summed E-state index contributed by atoms with van der Waals surface area (Å²) in [5, 5.41) is 0. The van der Waals surface area contributed by atoms with Crippen LogP contribution in [0, 0.1) is 5.82 Å². The first-order valence-corrected chi connectivity index (χ1v) is 7.42. The van der Waals surface area contributed by atoms with Gasteiger partial charge in [0.2, 0.25) is 0 Å². The number of carbonyl (C=O) groups excluding carboxylic acids is 2. The lowest BCUT2D eigenvalue weighted by Gasteiger charge is -2.21. The van der Waals surface area contributed by atoms with Gasteiger partial charge in [0.25, 0.3) is 5.91 Å². The maximum absolute atomic E-state index is 13.2. The minimum absolute atomic E-state index is 0.0893. The first kappa shape index (κ1) is 15.2. The molecular weight excluding hydrogens is 297 g/mol. The van der Waals surface area contributed by atoms with Crippen molar-refractivity contribution in [2.75, 3.05) is 11.4 Å². The second-order valence-electron chi connectivity index (χ2n) is 5.43. The zero-order chi connectivity index (χ0) is 16.4. The summed E-state index contributed by atoms with van der Waals surface area (Å²) < 4.78 is 18.3. The van der Waals surface area contributed by atoms with Gasteiger partial charge in [-0.25, -0.2) is 9.18 Å². The molecule has 2 aromatic carbocycles. The van der Waals surface area contributed by atoms with E-state index in [4.69, 9.17) is 4.74 Å². The summed E-state index contributed by atoms with van der Waals surface area (Å²) >= 11 is 0. The quantitative estimate of drug-likeness (QED) is 0.819. The van der Waals surface area contributed by atoms with Crippen LogP contribution >= 0.6 is 0 Å². The Morgan fingerprint density at radius 3 is 2.74 bits per heavy atom. The van der Waals surface area contributed by atoms with Crippen molar-refractivity contribution in [1.82, 2.24) is 0 Å². The number of amides is 1. The lowest BCUT2D eigenvalue weighted by atomic mass is 10.2. The van der Waals surface area contributed by atoms with Crippen LogP contribution in [-0.4, -0.2) is 24.5 Å². The van der Waals surface area contributed by atoms with Gasteiger partial charge in [-0.15, -0.1) is 0 Å². The molecule has 23 heavy (non-hydrogen) atoms. The minimum Gasteiger partial charge on any atom is -0.449 e. The van der Waals surface area contributed by atoms with Crippen LogP contribution in [0.3, 0.4) is 0 Å². The van der Waals surface area contributed by atoms with Crippen molar-refractivity contribution in [2.24, 2.45) is 0 Å². The molecule has 1 aliphatic heterocycles. The lowest BCUT2D eigenvalue weighted by molar-refractivity contribution is -0.126. The number of carbonyl (C=O) groups is 2. The Labute approximate surface area is 133 Å². The molecule has 0 N–H and O–H groups in total. The van der Waals surface area contributed by atoms with E-state index in [1.54, 1.807) is 4.90 Å². The third-order valence-corrected chi connectivity index (χ3v) is 3.85. The molecule has 4 nitrogen and oxygen atoms in total. The molecule has 1 aliphatic rings. The van der Waals surface area contributed by atoms with Gasteiger partial charge in [-0.1, -0.05) is 24.3 Å².